The normalized spacial score (nSPS) is 34.0. The van der Waals surface area contributed by atoms with E-state index in [4.69, 9.17) is 9.57 Å². The Balaban J connectivity index is 2.10. The maximum absolute atomic E-state index is 5.57. The largest absolute Gasteiger partial charge is 0.395 e. The van der Waals surface area contributed by atoms with Gasteiger partial charge in [-0.2, -0.15) is 0 Å². The first-order valence-electron chi connectivity index (χ1n) is 4.00. The second-order valence-electron chi connectivity index (χ2n) is 3.83. The van der Waals surface area contributed by atoms with E-state index in [1.807, 2.05) is 0 Å². The van der Waals surface area contributed by atoms with Crippen LogP contribution in [0, 0.1) is 5.92 Å². The van der Waals surface area contributed by atoms with Crippen LogP contribution in [0.5, 0.6) is 0 Å². The van der Waals surface area contributed by atoms with Crippen molar-refractivity contribution in [2.45, 2.75) is 25.9 Å². The molecule has 1 unspecified atom stereocenters. The summed E-state index contributed by atoms with van der Waals surface area (Å²) in [6.07, 6.45) is 1.03. The maximum Gasteiger partial charge on any atom is 0.125 e. The standard InChI is InChI=1S/C8H13NO2/c1-8(2)3-6-4-11-9-7(6)5-10-8/h6H,3-5H2,1-2H3. The fourth-order valence-corrected chi connectivity index (χ4v) is 1.62. The predicted octanol–water partition coefficient (Wildman–Crippen LogP) is 1.19. The molecule has 2 aliphatic rings. The fraction of sp³-hybridized carbons (Fsp3) is 0.875. The first kappa shape index (κ1) is 7.10. The van der Waals surface area contributed by atoms with Crippen molar-refractivity contribution in [3.05, 3.63) is 0 Å². The zero-order valence-corrected chi connectivity index (χ0v) is 6.96. The van der Waals surface area contributed by atoms with Crippen LogP contribution in [0.4, 0.5) is 0 Å². The molecule has 2 heterocycles. The van der Waals surface area contributed by atoms with Gasteiger partial charge in [0, 0.05) is 5.92 Å². The van der Waals surface area contributed by atoms with Crippen molar-refractivity contribution in [3.8, 4) is 0 Å². The highest BCUT2D eigenvalue weighted by atomic mass is 16.6. The zero-order chi connectivity index (χ0) is 7.90. The molecule has 1 saturated heterocycles. The quantitative estimate of drug-likeness (QED) is 0.526. The molecule has 3 heteroatoms. The zero-order valence-electron chi connectivity index (χ0n) is 6.96. The lowest BCUT2D eigenvalue weighted by molar-refractivity contribution is -0.0263. The molecule has 1 atom stereocenters. The van der Waals surface area contributed by atoms with Crippen molar-refractivity contribution in [2.75, 3.05) is 13.2 Å². The average Bonchev–Trinajstić information content (AvgIpc) is 2.31. The Morgan fingerprint density at radius 3 is 3.18 bits per heavy atom. The second kappa shape index (κ2) is 2.21. The van der Waals surface area contributed by atoms with Gasteiger partial charge in [0.15, 0.2) is 0 Å². The molecule has 2 rings (SSSR count). The van der Waals surface area contributed by atoms with E-state index in [0.717, 1.165) is 18.7 Å². The van der Waals surface area contributed by atoms with E-state index in [2.05, 4.69) is 19.0 Å². The van der Waals surface area contributed by atoms with E-state index < -0.39 is 0 Å². The lowest BCUT2D eigenvalue weighted by Crippen LogP contribution is -2.39. The highest BCUT2D eigenvalue weighted by molar-refractivity contribution is 5.89. The molecule has 0 aliphatic carbocycles. The fourth-order valence-electron chi connectivity index (χ4n) is 1.62. The monoisotopic (exact) mass is 155 g/mol. The Kier molecular flexibility index (Phi) is 1.42. The summed E-state index contributed by atoms with van der Waals surface area (Å²) < 4.78 is 5.57. The molecule has 11 heavy (non-hydrogen) atoms. The smallest absolute Gasteiger partial charge is 0.125 e. The van der Waals surface area contributed by atoms with Crippen LogP contribution in [0.1, 0.15) is 20.3 Å². The van der Waals surface area contributed by atoms with E-state index >= 15 is 0 Å². The molecule has 0 radical (unpaired) electrons. The van der Waals surface area contributed by atoms with Crippen molar-refractivity contribution in [1.29, 1.82) is 0 Å². The Labute approximate surface area is 66.4 Å². The first-order valence-corrected chi connectivity index (χ1v) is 4.00. The maximum atomic E-state index is 5.57. The summed E-state index contributed by atoms with van der Waals surface area (Å²) in [5.41, 5.74) is 1.10. The van der Waals surface area contributed by atoms with Crippen molar-refractivity contribution < 1.29 is 9.57 Å². The molecule has 0 N–H and O–H groups in total. The highest BCUT2D eigenvalue weighted by Gasteiger charge is 2.36. The number of ether oxygens (including phenoxy) is 1. The predicted molar refractivity (Wildman–Crippen MR) is 41.5 cm³/mol. The van der Waals surface area contributed by atoms with E-state index in [-0.39, 0.29) is 5.60 Å². The molecule has 0 aromatic rings. The summed E-state index contributed by atoms with van der Waals surface area (Å²) in [5.74, 6) is 0.513. The van der Waals surface area contributed by atoms with Crippen LogP contribution in [0.2, 0.25) is 0 Å². The summed E-state index contributed by atoms with van der Waals surface area (Å²) in [7, 11) is 0. The summed E-state index contributed by atoms with van der Waals surface area (Å²) in [6.45, 7) is 5.63. The van der Waals surface area contributed by atoms with Crippen molar-refractivity contribution in [3.63, 3.8) is 0 Å². The summed E-state index contributed by atoms with van der Waals surface area (Å²) in [4.78, 5) is 4.99. The van der Waals surface area contributed by atoms with Gasteiger partial charge in [0.25, 0.3) is 0 Å². The van der Waals surface area contributed by atoms with Crippen LogP contribution in [-0.4, -0.2) is 24.5 Å². The Hall–Kier alpha value is -0.570. The molecule has 62 valence electrons. The molecule has 0 aromatic carbocycles. The van der Waals surface area contributed by atoms with Gasteiger partial charge in [0.05, 0.1) is 17.9 Å². The van der Waals surface area contributed by atoms with Crippen LogP contribution >= 0.6 is 0 Å². The van der Waals surface area contributed by atoms with Gasteiger partial charge in [-0.05, 0) is 20.3 Å². The average molecular weight is 155 g/mol. The SMILES string of the molecule is CC1(C)CC2CON=C2CO1. The second-order valence-corrected chi connectivity index (χ2v) is 3.83. The lowest BCUT2D eigenvalue weighted by Gasteiger charge is -2.32. The Bertz CT molecular complexity index is 198. The van der Waals surface area contributed by atoms with E-state index in [9.17, 15) is 0 Å². The van der Waals surface area contributed by atoms with Gasteiger partial charge in [0.2, 0.25) is 0 Å². The third-order valence-electron chi connectivity index (χ3n) is 2.28. The first-order chi connectivity index (χ1) is 5.17. The third-order valence-corrected chi connectivity index (χ3v) is 2.28. The molecular weight excluding hydrogens is 142 g/mol. The number of nitrogens with zero attached hydrogens (tertiary/aromatic N) is 1. The number of fused-ring (bicyclic) bond motifs is 1. The van der Waals surface area contributed by atoms with Crippen LogP contribution in [-0.2, 0) is 9.57 Å². The number of hydrogen-bond acceptors (Lipinski definition) is 3. The van der Waals surface area contributed by atoms with Gasteiger partial charge in [-0.15, -0.1) is 0 Å². The molecule has 0 aromatic heterocycles. The van der Waals surface area contributed by atoms with Gasteiger partial charge in [-0.3, -0.25) is 0 Å². The number of rotatable bonds is 0. The van der Waals surface area contributed by atoms with E-state index in [0.29, 0.717) is 12.5 Å². The van der Waals surface area contributed by atoms with Crippen LogP contribution in [0.25, 0.3) is 0 Å². The number of oxime groups is 1. The molecule has 0 bridgehead atoms. The third kappa shape index (κ3) is 1.25. The summed E-state index contributed by atoms with van der Waals surface area (Å²) >= 11 is 0. The Morgan fingerprint density at radius 1 is 1.55 bits per heavy atom. The topological polar surface area (TPSA) is 30.8 Å². The van der Waals surface area contributed by atoms with Gasteiger partial charge >= 0.3 is 0 Å². The van der Waals surface area contributed by atoms with E-state index in [1.165, 1.54) is 0 Å². The molecular formula is C8H13NO2. The van der Waals surface area contributed by atoms with Gasteiger partial charge in [-0.1, -0.05) is 5.16 Å². The van der Waals surface area contributed by atoms with Crippen LogP contribution in [0.3, 0.4) is 0 Å². The molecule has 0 spiro atoms. The molecule has 2 aliphatic heterocycles. The summed E-state index contributed by atoms with van der Waals surface area (Å²) in [6, 6.07) is 0. The van der Waals surface area contributed by atoms with E-state index in [1.54, 1.807) is 0 Å². The highest BCUT2D eigenvalue weighted by Crippen LogP contribution is 2.29. The van der Waals surface area contributed by atoms with Gasteiger partial charge in [-0.25, -0.2) is 0 Å². The Morgan fingerprint density at radius 2 is 2.36 bits per heavy atom. The summed E-state index contributed by atoms with van der Waals surface area (Å²) in [5, 5.41) is 3.91. The minimum atomic E-state index is 0.0113. The van der Waals surface area contributed by atoms with Crippen LogP contribution < -0.4 is 0 Å². The van der Waals surface area contributed by atoms with Crippen molar-refractivity contribution in [2.24, 2.45) is 11.1 Å². The number of hydrogen-bond donors (Lipinski definition) is 0. The molecule has 0 amide bonds. The van der Waals surface area contributed by atoms with Gasteiger partial charge in [0.1, 0.15) is 6.61 Å². The minimum Gasteiger partial charge on any atom is -0.395 e. The van der Waals surface area contributed by atoms with Gasteiger partial charge < -0.3 is 9.57 Å². The molecule has 3 nitrogen and oxygen atoms in total. The minimum absolute atomic E-state index is 0.0113. The van der Waals surface area contributed by atoms with Crippen molar-refractivity contribution in [1.82, 2.24) is 0 Å². The molecule has 1 fully saturated rings. The lowest BCUT2D eigenvalue weighted by atomic mass is 9.88. The molecule has 0 saturated carbocycles. The van der Waals surface area contributed by atoms with Crippen molar-refractivity contribution >= 4 is 5.71 Å². The van der Waals surface area contributed by atoms with Crippen LogP contribution in [0.15, 0.2) is 5.16 Å².